The molecule has 0 aliphatic carbocycles. The Hall–Kier alpha value is -0.0200. The highest BCUT2D eigenvalue weighted by Crippen LogP contribution is 2.33. The first-order valence-corrected chi connectivity index (χ1v) is 4.88. The molecule has 0 spiro atoms. The molecule has 0 fully saturated rings. The number of hydrogen-bond donors (Lipinski definition) is 1. The molecule has 0 saturated carbocycles. The monoisotopic (exact) mass is 238 g/mol. The highest BCUT2D eigenvalue weighted by atomic mass is 35.5. The minimum absolute atomic E-state index is 0.0560. The average molecular weight is 240 g/mol. The minimum Gasteiger partial charge on any atom is -0.313 e. The van der Waals surface area contributed by atoms with Gasteiger partial charge in [-0.25, -0.2) is 4.98 Å². The summed E-state index contributed by atoms with van der Waals surface area (Å²) in [6.07, 6.45) is 1.50. The zero-order valence-electron chi connectivity index (χ0n) is 7.24. The second-order valence-electron chi connectivity index (χ2n) is 2.63. The molecule has 1 heterocycles. The summed E-state index contributed by atoms with van der Waals surface area (Å²) >= 11 is 17.6. The molecule has 1 atom stereocenters. The first-order chi connectivity index (χ1) is 6.07. The van der Waals surface area contributed by atoms with Crippen molar-refractivity contribution < 1.29 is 0 Å². The van der Waals surface area contributed by atoms with Crippen LogP contribution in [0.25, 0.3) is 0 Å². The Labute approximate surface area is 92.2 Å². The molecular weight excluding hydrogens is 230 g/mol. The molecule has 0 radical (unpaired) electrons. The van der Waals surface area contributed by atoms with Gasteiger partial charge in [0, 0.05) is 17.8 Å². The van der Waals surface area contributed by atoms with Gasteiger partial charge in [-0.2, -0.15) is 0 Å². The Morgan fingerprint density at radius 2 is 2.00 bits per heavy atom. The quantitative estimate of drug-likeness (QED) is 0.801. The van der Waals surface area contributed by atoms with E-state index in [1.807, 2.05) is 14.0 Å². The van der Waals surface area contributed by atoms with Gasteiger partial charge in [-0.1, -0.05) is 34.8 Å². The van der Waals surface area contributed by atoms with E-state index in [9.17, 15) is 0 Å². The third-order valence-corrected chi connectivity index (χ3v) is 2.90. The molecular formula is C8H9Cl3N2. The van der Waals surface area contributed by atoms with Crippen molar-refractivity contribution in [1.82, 2.24) is 10.3 Å². The second kappa shape index (κ2) is 4.47. The Kier molecular flexibility index (Phi) is 3.80. The van der Waals surface area contributed by atoms with Crippen molar-refractivity contribution in [2.24, 2.45) is 0 Å². The topological polar surface area (TPSA) is 24.9 Å². The second-order valence-corrected chi connectivity index (χ2v) is 3.78. The van der Waals surface area contributed by atoms with Crippen LogP contribution in [-0.2, 0) is 0 Å². The predicted molar refractivity (Wildman–Crippen MR) is 56.7 cm³/mol. The van der Waals surface area contributed by atoms with Crippen LogP contribution in [0.1, 0.15) is 18.5 Å². The van der Waals surface area contributed by atoms with Gasteiger partial charge in [0.25, 0.3) is 0 Å². The SMILES string of the molecule is CN[C@H](C)c1c(Cl)cnc(Cl)c1Cl. The lowest BCUT2D eigenvalue weighted by atomic mass is 10.1. The third kappa shape index (κ3) is 2.26. The molecule has 1 aromatic rings. The van der Waals surface area contributed by atoms with E-state index < -0.39 is 0 Å². The molecule has 1 aromatic heterocycles. The van der Waals surface area contributed by atoms with E-state index in [2.05, 4.69) is 10.3 Å². The van der Waals surface area contributed by atoms with E-state index in [-0.39, 0.29) is 11.2 Å². The number of aromatic nitrogens is 1. The Morgan fingerprint density at radius 3 is 2.54 bits per heavy atom. The molecule has 0 aliphatic heterocycles. The molecule has 0 saturated heterocycles. The number of hydrogen-bond acceptors (Lipinski definition) is 2. The largest absolute Gasteiger partial charge is 0.313 e. The van der Waals surface area contributed by atoms with Crippen LogP contribution in [0.15, 0.2) is 6.20 Å². The predicted octanol–water partition coefficient (Wildman–Crippen LogP) is 3.32. The van der Waals surface area contributed by atoms with Gasteiger partial charge < -0.3 is 5.32 Å². The maximum absolute atomic E-state index is 5.95. The lowest BCUT2D eigenvalue weighted by molar-refractivity contribution is 0.652. The fourth-order valence-electron chi connectivity index (χ4n) is 0.997. The first-order valence-electron chi connectivity index (χ1n) is 3.74. The normalized spacial score (nSPS) is 13.0. The molecule has 0 unspecified atom stereocenters. The van der Waals surface area contributed by atoms with Crippen molar-refractivity contribution in [3.8, 4) is 0 Å². The van der Waals surface area contributed by atoms with Gasteiger partial charge in [0.15, 0.2) is 0 Å². The van der Waals surface area contributed by atoms with Gasteiger partial charge in [0.1, 0.15) is 5.15 Å². The van der Waals surface area contributed by atoms with Gasteiger partial charge in [-0.3, -0.25) is 0 Å². The number of nitrogens with zero attached hydrogens (tertiary/aromatic N) is 1. The molecule has 0 aromatic carbocycles. The van der Waals surface area contributed by atoms with Crippen LogP contribution >= 0.6 is 34.8 Å². The first kappa shape index (κ1) is 11.1. The van der Waals surface area contributed by atoms with Crippen molar-refractivity contribution in [1.29, 1.82) is 0 Å². The van der Waals surface area contributed by atoms with E-state index in [0.29, 0.717) is 10.0 Å². The van der Waals surface area contributed by atoms with Crippen LogP contribution in [-0.4, -0.2) is 12.0 Å². The number of rotatable bonds is 2. The van der Waals surface area contributed by atoms with Gasteiger partial charge in [-0.15, -0.1) is 0 Å². The Bertz CT molecular complexity index is 315. The van der Waals surface area contributed by atoms with Crippen LogP contribution in [0.2, 0.25) is 15.2 Å². The average Bonchev–Trinajstić information content (AvgIpc) is 2.12. The van der Waals surface area contributed by atoms with Crippen molar-refractivity contribution >= 4 is 34.8 Å². The summed E-state index contributed by atoms with van der Waals surface area (Å²) in [5.74, 6) is 0. The van der Waals surface area contributed by atoms with Crippen molar-refractivity contribution in [2.75, 3.05) is 7.05 Å². The van der Waals surface area contributed by atoms with Crippen LogP contribution in [0.3, 0.4) is 0 Å². The molecule has 1 rings (SSSR count). The zero-order chi connectivity index (χ0) is 10.0. The maximum atomic E-state index is 5.95. The third-order valence-electron chi connectivity index (χ3n) is 1.83. The summed E-state index contributed by atoms with van der Waals surface area (Å²) in [4.78, 5) is 3.83. The standard InChI is InChI=1S/C8H9Cl3N2/c1-4(12-2)6-5(9)3-13-8(11)7(6)10/h3-4,12H,1-2H3/t4-/m1/s1. The van der Waals surface area contributed by atoms with Crippen LogP contribution in [0, 0.1) is 0 Å². The maximum Gasteiger partial charge on any atom is 0.148 e. The van der Waals surface area contributed by atoms with Crippen molar-refractivity contribution in [2.45, 2.75) is 13.0 Å². The molecule has 5 heteroatoms. The summed E-state index contributed by atoms with van der Waals surface area (Å²) in [7, 11) is 1.83. The van der Waals surface area contributed by atoms with Gasteiger partial charge >= 0.3 is 0 Å². The summed E-state index contributed by atoms with van der Waals surface area (Å²) < 4.78 is 0. The van der Waals surface area contributed by atoms with Crippen LogP contribution in [0.5, 0.6) is 0 Å². The van der Waals surface area contributed by atoms with Crippen LogP contribution in [0.4, 0.5) is 0 Å². The zero-order valence-corrected chi connectivity index (χ0v) is 9.50. The van der Waals surface area contributed by atoms with Crippen molar-refractivity contribution in [3.63, 3.8) is 0 Å². The lowest BCUT2D eigenvalue weighted by Gasteiger charge is -2.14. The highest BCUT2D eigenvalue weighted by Gasteiger charge is 2.15. The molecule has 0 aliphatic rings. The molecule has 72 valence electrons. The molecule has 0 bridgehead atoms. The summed E-state index contributed by atoms with van der Waals surface area (Å²) in [5, 5.41) is 4.25. The number of pyridine rings is 1. The summed E-state index contributed by atoms with van der Waals surface area (Å²) in [6.45, 7) is 1.95. The molecule has 1 N–H and O–H groups in total. The van der Waals surface area contributed by atoms with Crippen LogP contribution < -0.4 is 5.32 Å². The fraction of sp³-hybridized carbons (Fsp3) is 0.375. The van der Waals surface area contributed by atoms with E-state index >= 15 is 0 Å². The highest BCUT2D eigenvalue weighted by molar-refractivity contribution is 6.43. The number of halogens is 3. The smallest absolute Gasteiger partial charge is 0.148 e. The molecule has 2 nitrogen and oxygen atoms in total. The van der Waals surface area contributed by atoms with Gasteiger partial charge in [-0.05, 0) is 14.0 Å². The lowest BCUT2D eigenvalue weighted by Crippen LogP contribution is -2.13. The molecule has 13 heavy (non-hydrogen) atoms. The minimum atomic E-state index is 0.0560. The summed E-state index contributed by atoms with van der Waals surface area (Å²) in [5.41, 5.74) is 0.783. The summed E-state index contributed by atoms with van der Waals surface area (Å²) in [6, 6.07) is 0.0560. The molecule has 0 amide bonds. The Morgan fingerprint density at radius 1 is 1.38 bits per heavy atom. The van der Waals surface area contributed by atoms with Gasteiger partial charge in [0.05, 0.1) is 10.0 Å². The fourth-order valence-corrected chi connectivity index (χ4v) is 1.82. The van der Waals surface area contributed by atoms with Gasteiger partial charge in [0.2, 0.25) is 0 Å². The Balaban J connectivity index is 3.25. The number of nitrogens with one attached hydrogen (secondary N) is 1. The van der Waals surface area contributed by atoms with Crippen molar-refractivity contribution in [3.05, 3.63) is 27.0 Å². The van der Waals surface area contributed by atoms with E-state index in [1.165, 1.54) is 6.20 Å². The van der Waals surface area contributed by atoms with E-state index in [4.69, 9.17) is 34.8 Å². The van der Waals surface area contributed by atoms with E-state index in [1.54, 1.807) is 0 Å². The van der Waals surface area contributed by atoms with E-state index in [0.717, 1.165) is 5.56 Å².